The number of imidazole rings is 1. The van der Waals surface area contributed by atoms with E-state index in [1.54, 1.807) is 24.0 Å². The van der Waals surface area contributed by atoms with Gasteiger partial charge >= 0.3 is 5.69 Å². The number of nitrogens with zero attached hydrogens (tertiary/aromatic N) is 10. The highest BCUT2D eigenvalue weighted by Crippen LogP contribution is 2.29. The highest BCUT2D eigenvalue weighted by Gasteiger charge is 2.17. The molecule has 0 bridgehead atoms. The van der Waals surface area contributed by atoms with Crippen LogP contribution in [0.3, 0.4) is 0 Å². The molecule has 0 saturated heterocycles. The standard InChI is InChI=1S/C21H21N11O/c1-3-6-16-13-32(20-25-28-29-30(20)2)21(33)31(16)12-15-10-9-14(11-22-15)17-7-4-5-8-18(17)19-23-26-27-24-19/h4-5,7-11,13H,3,6,12H2,1-2H3,(H,23,24,26,27). The lowest BCUT2D eigenvalue weighted by molar-refractivity contribution is 0.658. The molecule has 4 aromatic heterocycles. The molecule has 4 heterocycles. The third-order valence-electron chi connectivity index (χ3n) is 5.36. The molecule has 1 N–H and O–H groups in total. The lowest BCUT2D eigenvalue weighted by atomic mass is 10.0. The van der Waals surface area contributed by atoms with Gasteiger partial charge in [-0.3, -0.25) is 9.55 Å². The van der Waals surface area contributed by atoms with E-state index in [-0.39, 0.29) is 5.69 Å². The van der Waals surface area contributed by atoms with E-state index in [0.29, 0.717) is 18.3 Å². The van der Waals surface area contributed by atoms with Crippen molar-refractivity contribution in [2.24, 2.45) is 7.05 Å². The van der Waals surface area contributed by atoms with Crippen molar-refractivity contribution in [3.8, 4) is 28.5 Å². The Hall–Kier alpha value is -4.48. The summed E-state index contributed by atoms with van der Waals surface area (Å²) in [5.74, 6) is 0.961. The molecule has 0 unspecified atom stereocenters. The second kappa shape index (κ2) is 8.57. The number of aryl methyl sites for hydroxylation is 2. The van der Waals surface area contributed by atoms with Gasteiger partial charge in [0.1, 0.15) is 0 Å². The summed E-state index contributed by atoms with van der Waals surface area (Å²) in [7, 11) is 1.70. The van der Waals surface area contributed by atoms with Crippen molar-refractivity contribution in [3.63, 3.8) is 0 Å². The van der Waals surface area contributed by atoms with Gasteiger partial charge in [0.15, 0.2) is 5.82 Å². The number of tetrazole rings is 2. The zero-order valence-corrected chi connectivity index (χ0v) is 18.1. The minimum Gasteiger partial charge on any atom is -0.290 e. The van der Waals surface area contributed by atoms with Gasteiger partial charge < -0.3 is 0 Å². The van der Waals surface area contributed by atoms with E-state index in [9.17, 15) is 4.79 Å². The average molecular weight is 443 g/mol. The molecule has 12 nitrogen and oxygen atoms in total. The van der Waals surface area contributed by atoms with Gasteiger partial charge in [-0.05, 0) is 38.9 Å². The van der Waals surface area contributed by atoms with Crippen LogP contribution in [0.2, 0.25) is 0 Å². The first-order valence-electron chi connectivity index (χ1n) is 10.5. The largest absolute Gasteiger partial charge is 0.335 e. The topological polar surface area (TPSA) is 138 Å². The number of pyridine rings is 1. The molecular formula is C21H21N11O. The van der Waals surface area contributed by atoms with Crippen molar-refractivity contribution < 1.29 is 0 Å². The van der Waals surface area contributed by atoms with Crippen molar-refractivity contribution in [3.05, 3.63) is 70.7 Å². The number of rotatable bonds is 7. The molecule has 0 aliphatic rings. The molecular weight excluding hydrogens is 422 g/mol. The Morgan fingerprint density at radius 2 is 1.88 bits per heavy atom. The highest BCUT2D eigenvalue weighted by molar-refractivity contribution is 5.79. The molecule has 5 rings (SSSR count). The van der Waals surface area contributed by atoms with E-state index in [1.807, 2.05) is 36.4 Å². The lowest BCUT2D eigenvalue weighted by Gasteiger charge is -2.09. The summed E-state index contributed by atoms with van der Waals surface area (Å²) in [6.07, 6.45) is 5.25. The number of benzene rings is 1. The van der Waals surface area contributed by atoms with Crippen molar-refractivity contribution in [2.75, 3.05) is 0 Å². The van der Waals surface area contributed by atoms with Crippen LogP contribution in [-0.4, -0.2) is 54.9 Å². The third kappa shape index (κ3) is 3.82. The van der Waals surface area contributed by atoms with Crippen LogP contribution in [0.4, 0.5) is 0 Å². The molecule has 1 aromatic carbocycles. The molecule has 0 aliphatic heterocycles. The predicted molar refractivity (Wildman–Crippen MR) is 118 cm³/mol. The molecule has 33 heavy (non-hydrogen) atoms. The maximum atomic E-state index is 13.2. The van der Waals surface area contributed by atoms with E-state index >= 15 is 0 Å². The van der Waals surface area contributed by atoms with Gasteiger partial charge in [0.05, 0.1) is 12.2 Å². The minimum atomic E-state index is -0.203. The van der Waals surface area contributed by atoms with Crippen molar-refractivity contribution >= 4 is 0 Å². The quantitative estimate of drug-likeness (QED) is 0.398. The third-order valence-corrected chi connectivity index (χ3v) is 5.36. The Bertz CT molecular complexity index is 1430. The van der Waals surface area contributed by atoms with E-state index in [4.69, 9.17) is 0 Å². The van der Waals surface area contributed by atoms with Crippen LogP contribution in [0, 0.1) is 0 Å². The van der Waals surface area contributed by atoms with E-state index < -0.39 is 0 Å². The zero-order valence-electron chi connectivity index (χ0n) is 18.1. The van der Waals surface area contributed by atoms with Gasteiger partial charge in [-0.15, -0.1) is 5.10 Å². The number of hydrogen-bond acceptors (Lipinski definition) is 8. The zero-order chi connectivity index (χ0) is 22.8. The van der Waals surface area contributed by atoms with Gasteiger partial charge in [-0.25, -0.2) is 19.1 Å². The molecule has 0 amide bonds. The van der Waals surface area contributed by atoms with Gasteiger partial charge in [0.25, 0.3) is 5.95 Å². The smallest absolute Gasteiger partial charge is 0.290 e. The normalized spacial score (nSPS) is 11.2. The summed E-state index contributed by atoms with van der Waals surface area (Å²) in [5, 5.41) is 25.6. The van der Waals surface area contributed by atoms with Crippen LogP contribution in [0.5, 0.6) is 0 Å². The number of hydrogen-bond donors (Lipinski definition) is 1. The van der Waals surface area contributed by atoms with Gasteiger partial charge in [0.2, 0.25) is 0 Å². The first-order valence-corrected chi connectivity index (χ1v) is 10.5. The second-order valence-corrected chi connectivity index (χ2v) is 7.55. The monoisotopic (exact) mass is 443 g/mol. The highest BCUT2D eigenvalue weighted by atomic mass is 16.2. The van der Waals surface area contributed by atoms with Crippen molar-refractivity contribution in [2.45, 2.75) is 26.3 Å². The molecule has 0 radical (unpaired) electrons. The summed E-state index contributed by atoms with van der Waals surface area (Å²) in [5.41, 5.74) is 4.23. The summed E-state index contributed by atoms with van der Waals surface area (Å²) in [6, 6.07) is 11.7. The maximum Gasteiger partial charge on any atom is 0.335 e. The minimum absolute atomic E-state index is 0.203. The average Bonchev–Trinajstić information content (AvgIpc) is 3.58. The van der Waals surface area contributed by atoms with Crippen LogP contribution < -0.4 is 5.69 Å². The fourth-order valence-corrected chi connectivity index (χ4v) is 3.78. The van der Waals surface area contributed by atoms with Gasteiger partial charge in [-0.1, -0.05) is 48.8 Å². The Balaban J connectivity index is 1.47. The summed E-state index contributed by atoms with van der Waals surface area (Å²) in [4.78, 5) is 17.8. The van der Waals surface area contributed by atoms with E-state index in [1.165, 1.54) is 9.25 Å². The van der Waals surface area contributed by atoms with Crippen LogP contribution >= 0.6 is 0 Å². The molecule has 166 valence electrons. The molecule has 0 spiro atoms. The molecule has 0 fully saturated rings. The molecule has 0 aliphatic carbocycles. The van der Waals surface area contributed by atoms with Crippen LogP contribution in [0.15, 0.2) is 53.6 Å². The molecule has 0 saturated carbocycles. The molecule has 5 aromatic rings. The van der Waals surface area contributed by atoms with E-state index in [2.05, 4.69) is 48.1 Å². The fraction of sp³-hybridized carbons (Fsp3) is 0.238. The van der Waals surface area contributed by atoms with Crippen LogP contribution in [-0.2, 0) is 20.0 Å². The van der Waals surface area contributed by atoms with Gasteiger partial charge in [-0.2, -0.15) is 0 Å². The maximum absolute atomic E-state index is 13.2. The number of nitrogens with one attached hydrogen (secondary N) is 1. The van der Waals surface area contributed by atoms with Crippen molar-refractivity contribution in [1.29, 1.82) is 0 Å². The van der Waals surface area contributed by atoms with Gasteiger partial charge in [0, 0.05) is 36.3 Å². The fourth-order valence-electron chi connectivity index (χ4n) is 3.78. The summed E-state index contributed by atoms with van der Waals surface area (Å²) >= 11 is 0. The predicted octanol–water partition coefficient (Wildman–Crippen LogP) is 1.41. The Morgan fingerprint density at radius 3 is 2.55 bits per heavy atom. The number of aromatic nitrogens is 11. The summed E-state index contributed by atoms with van der Waals surface area (Å²) in [6.45, 7) is 2.42. The van der Waals surface area contributed by atoms with E-state index in [0.717, 1.165) is 40.9 Å². The Labute approximate surface area is 187 Å². The lowest BCUT2D eigenvalue weighted by Crippen LogP contribution is -2.26. The first-order chi connectivity index (χ1) is 16.2. The Morgan fingerprint density at radius 1 is 1.03 bits per heavy atom. The molecule has 0 atom stereocenters. The SMILES string of the molecule is CCCc1cn(-c2nnnn2C)c(=O)n1Cc1ccc(-c2ccccc2-c2nnn[nH]2)cn1. The summed E-state index contributed by atoms with van der Waals surface area (Å²) < 4.78 is 4.66. The first kappa shape index (κ1) is 20.4. The van der Waals surface area contributed by atoms with Crippen LogP contribution in [0.25, 0.3) is 28.5 Å². The Kier molecular flexibility index (Phi) is 5.30. The van der Waals surface area contributed by atoms with Crippen LogP contribution in [0.1, 0.15) is 24.7 Å². The number of H-pyrrole nitrogens is 1. The number of aromatic amines is 1. The van der Waals surface area contributed by atoms with Crippen molar-refractivity contribution in [1.82, 2.24) is 54.9 Å². The second-order valence-electron chi connectivity index (χ2n) is 7.55. The molecule has 12 heteroatoms.